The van der Waals surface area contributed by atoms with Gasteiger partial charge in [0.05, 0.1) is 0 Å². The third-order valence-electron chi connectivity index (χ3n) is 3.29. The summed E-state index contributed by atoms with van der Waals surface area (Å²) in [6.07, 6.45) is 6.10. The molecule has 0 aromatic carbocycles. The fraction of sp³-hybridized carbons (Fsp3) is 0.667. The maximum absolute atomic E-state index is 11.3. The number of aromatic nitrogens is 2. The average molecular weight is 221 g/mol. The van der Waals surface area contributed by atoms with Crippen LogP contribution in [0.5, 0.6) is 0 Å². The Morgan fingerprint density at radius 2 is 2.31 bits per heavy atom. The molecule has 4 heteroatoms. The van der Waals surface area contributed by atoms with Gasteiger partial charge in [-0.3, -0.25) is 0 Å². The molecule has 0 saturated carbocycles. The smallest absolute Gasteiger partial charge is 0.317 e. The van der Waals surface area contributed by atoms with Crippen LogP contribution in [-0.2, 0) is 6.42 Å². The van der Waals surface area contributed by atoms with Crippen LogP contribution in [-0.4, -0.2) is 23.1 Å². The summed E-state index contributed by atoms with van der Waals surface area (Å²) in [5.41, 5.74) is 2.09. The molecule has 0 aliphatic carbocycles. The zero-order valence-electron chi connectivity index (χ0n) is 9.75. The van der Waals surface area contributed by atoms with Crippen LogP contribution in [0.3, 0.4) is 0 Å². The van der Waals surface area contributed by atoms with Crippen LogP contribution < -0.4 is 11.0 Å². The van der Waals surface area contributed by atoms with Crippen molar-refractivity contribution in [3.8, 4) is 0 Å². The van der Waals surface area contributed by atoms with E-state index in [0.29, 0.717) is 5.92 Å². The average Bonchev–Trinajstić information content (AvgIpc) is 2.57. The summed E-state index contributed by atoms with van der Waals surface area (Å²) in [6.45, 7) is 4.24. The Kier molecular flexibility index (Phi) is 3.72. The van der Waals surface area contributed by atoms with Gasteiger partial charge in [-0.05, 0) is 44.3 Å². The number of aryl methyl sites for hydroxylation is 1. The van der Waals surface area contributed by atoms with Crippen LogP contribution in [0, 0.1) is 0 Å². The molecule has 1 saturated heterocycles. The van der Waals surface area contributed by atoms with Gasteiger partial charge >= 0.3 is 5.69 Å². The zero-order chi connectivity index (χ0) is 11.4. The van der Waals surface area contributed by atoms with Gasteiger partial charge in [-0.15, -0.1) is 0 Å². The van der Waals surface area contributed by atoms with Crippen LogP contribution >= 0.6 is 0 Å². The van der Waals surface area contributed by atoms with E-state index in [2.05, 4.69) is 22.2 Å². The summed E-state index contributed by atoms with van der Waals surface area (Å²) in [5, 5.41) is 3.39. The molecule has 2 rings (SSSR count). The Morgan fingerprint density at radius 3 is 3.12 bits per heavy atom. The fourth-order valence-electron chi connectivity index (χ4n) is 2.39. The molecule has 1 aromatic rings. The molecule has 1 fully saturated rings. The van der Waals surface area contributed by atoms with Crippen molar-refractivity contribution in [2.75, 3.05) is 13.1 Å². The van der Waals surface area contributed by atoms with E-state index in [9.17, 15) is 4.79 Å². The van der Waals surface area contributed by atoms with Crippen molar-refractivity contribution >= 4 is 0 Å². The number of hydrogen-bond acceptors (Lipinski definition) is 3. The van der Waals surface area contributed by atoms with Crippen LogP contribution in [0.2, 0.25) is 0 Å². The number of hydrogen-bond donors (Lipinski definition) is 2. The lowest BCUT2D eigenvalue weighted by Gasteiger charge is -2.16. The number of H-pyrrole nitrogens is 1. The molecule has 88 valence electrons. The summed E-state index contributed by atoms with van der Waals surface area (Å²) in [6, 6.07) is 0. The lowest BCUT2D eigenvalue weighted by Crippen LogP contribution is -2.18. The molecule has 0 bridgehead atoms. The van der Waals surface area contributed by atoms with Crippen LogP contribution in [0.15, 0.2) is 11.0 Å². The monoisotopic (exact) mass is 221 g/mol. The predicted molar refractivity (Wildman–Crippen MR) is 63.7 cm³/mol. The number of aromatic amines is 1. The summed E-state index contributed by atoms with van der Waals surface area (Å²) >= 11 is 0. The van der Waals surface area contributed by atoms with Gasteiger partial charge < -0.3 is 10.3 Å². The first-order valence-electron chi connectivity index (χ1n) is 6.10. The highest BCUT2D eigenvalue weighted by Gasteiger charge is 2.17. The van der Waals surface area contributed by atoms with Crippen molar-refractivity contribution in [1.82, 2.24) is 15.3 Å². The second-order valence-electron chi connectivity index (χ2n) is 4.36. The van der Waals surface area contributed by atoms with E-state index in [0.717, 1.165) is 38.0 Å². The molecular formula is C12H19N3O. The molecule has 0 radical (unpaired) electrons. The molecule has 1 unspecified atom stereocenters. The van der Waals surface area contributed by atoms with Gasteiger partial charge in [0.15, 0.2) is 0 Å². The predicted octanol–water partition coefficient (Wildman–Crippen LogP) is 1.19. The first kappa shape index (κ1) is 11.3. The minimum Gasteiger partial charge on any atom is -0.317 e. The Bertz CT molecular complexity index is 391. The molecule has 16 heavy (non-hydrogen) atoms. The highest BCUT2D eigenvalue weighted by atomic mass is 16.1. The van der Waals surface area contributed by atoms with E-state index in [1.807, 2.05) is 0 Å². The maximum atomic E-state index is 11.3. The van der Waals surface area contributed by atoms with Gasteiger partial charge in [-0.1, -0.05) is 6.92 Å². The van der Waals surface area contributed by atoms with E-state index >= 15 is 0 Å². The van der Waals surface area contributed by atoms with Gasteiger partial charge in [0.1, 0.15) is 0 Å². The summed E-state index contributed by atoms with van der Waals surface area (Å²) in [7, 11) is 0. The first-order chi connectivity index (χ1) is 7.81. The summed E-state index contributed by atoms with van der Waals surface area (Å²) < 4.78 is 0. The molecule has 4 nitrogen and oxygen atoms in total. The van der Waals surface area contributed by atoms with Crippen LogP contribution in [0.25, 0.3) is 0 Å². The zero-order valence-corrected chi connectivity index (χ0v) is 9.75. The van der Waals surface area contributed by atoms with E-state index in [-0.39, 0.29) is 5.69 Å². The number of rotatable bonds is 2. The number of nitrogens with zero attached hydrogens (tertiary/aromatic N) is 1. The lowest BCUT2D eigenvalue weighted by atomic mass is 9.93. The first-order valence-corrected chi connectivity index (χ1v) is 6.10. The maximum Gasteiger partial charge on any atom is 0.345 e. The second-order valence-corrected chi connectivity index (χ2v) is 4.36. The van der Waals surface area contributed by atoms with Crippen LogP contribution in [0.4, 0.5) is 0 Å². The molecule has 1 aromatic heterocycles. The van der Waals surface area contributed by atoms with Crippen molar-refractivity contribution in [2.24, 2.45) is 0 Å². The highest BCUT2D eigenvalue weighted by Crippen LogP contribution is 2.26. The molecule has 1 aliphatic rings. The summed E-state index contributed by atoms with van der Waals surface area (Å²) in [4.78, 5) is 18.0. The van der Waals surface area contributed by atoms with Gasteiger partial charge in [0.2, 0.25) is 0 Å². The minimum atomic E-state index is -0.218. The van der Waals surface area contributed by atoms with Gasteiger partial charge in [-0.2, -0.15) is 0 Å². The van der Waals surface area contributed by atoms with Crippen LogP contribution in [0.1, 0.15) is 43.4 Å². The molecule has 0 spiro atoms. The Labute approximate surface area is 95.5 Å². The Balaban J connectivity index is 2.29. The molecule has 2 N–H and O–H groups in total. The van der Waals surface area contributed by atoms with Gasteiger partial charge in [0, 0.05) is 17.8 Å². The fourth-order valence-corrected chi connectivity index (χ4v) is 2.39. The lowest BCUT2D eigenvalue weighted by molar-refractivity contribution is 0.582. The van der Waals surface area contributed by atoms with E-state index in [1.165, 1.54) is 12.0 Å². The Hall–Kier alpha value is -1.16. The van der Waals surface area contributed by atoms with Crippen molar-refractivity contribution in [1.29, 1.82) is 0 Å². The van der Waals surface area contributed by atoms with E-state index < -0.39 is 0 Å². The topological polar surface area (TPSA) is 57.8 Å². The van der Waals surface area contributed by atoms with E-state index in [1.54, 1.807) is 6.20 Å². The van der Waals surface area contributed by atoms with Crippen molar-refractivity contribution in [3.05, 3.63) is 27.9 Å². The molecule has 1 atom stereocenters. The third-order valence-corrected chi connectivity index (χ3v) is 3.29. The van der Waals surface area contributed by atoms with Crippen molar-refractivity contribution < 1.29 is 0 Å². The van der Waals surface area contributed by atoms with Crippen molar-refractivity contribution in [3.63, 3.8) is 0 Å². The standard InChI is InChI=1S/C12H19N3O/c1-2-9-8-14-12(16)15-11(9)10-4-3-6-13-7-5-10/h8,10,13H,2-7H2,1H3,(H,14,15,16). The SMILES string of the molecule is CCc1cnc(=O)[nH]c1C1CCCNCC1. The van der Waals surface area contributed by atoms with E-state index in [4.69, 9.17) is 0 Å². The molecule has 0 amide bonds. The quantitative estimate of drug-likeness (QED) is 0.788. The minimum absolute atomic E-state index is 0.218. The Morgan fingerprint density at radius 1 is 1.44 bits per heavy atom. The second kappa shape index (κ2) is 5.25. The normalized spacial score (nSPS) is 21.7. The largest absolute Gasteiger partial charge is 0.345 e. The molecule has 1 aliphatic heterocycles. The third kappa shape index (κ3) is 2.50. The van der Waals surface area contributed by atoms with Gasteiger partial charge in [-0.25, -0.2) is 9.78 Å². The molecular weight excluding hydrogens is 202 g/mol. The molecule has 2 heterocycles. The van der Waals surface area contributed by atoms with Crippen molar-refractivity contribution in [2.45, 2.75) is 38.5 Å². The van der Waals surface area contributed by atoms with Gasteiger partial charge in [0.25, 0.3) is 0 Å². The summed E-state index contributed by atoms with van der Waals surface area (Å²) in [5.74, 6) is 0.487. The number of nitrogens with one attached hydrogen (secondary N) is 2. The highest BCUT2D eigenvalue weighted by molar-refractivity contribution is 5.20.